The van der Waals surface area contributed by atoms with Gasteiger partial charge in [-0.25, -0.2) is 0 Å². The lowest BCUT2D eigenvalue weighted by Crippen LogP contribution is -2.25. The van der Waals surface area contributed by atoms with Crippen molar-refractivity contribution in [3.8, 4) is 0 Å². The topological polar surface area (TPSA) is 15.3 Å². The Morgan fingerprint density at radius 2 is 1.67 bits per heavy atom. The first-order chi connectivity index (χ1) is 8.86. The van der Waals surface area contributed by atoms with Crippen molar-refractivity contribution in [1.29, 1.82) is 0 Å². The van der Waals surface area contributed by atoms with Crippen LogP contribution in [0, 0.1) is 0 Å². The van der Waals surface area contributed by atoms with E-state index in [4.69, 9.17) is 0 Å². The van der Waals surface area contributed by atoms with E-state index in [1.54, 1.807) is 0 Å². The molecular weight excluding hydrogens is 220 g/mol. The Morgan fingerprint density at radius 1 is 0.944 bits per heavy atom. The Balaban J connectivity index is 1.93. The number of nitrogens with one attached hydrogen (secondary N) is 1. The van der Waals surface area contributed by atoms with Gasteiger partial charge in [0.25, 0.3) is 0 Å². The molecule has 0 aliphatic heterocycles. The molecule has 102 valence electrons. The molecule has 0 unspecified atom stereocenters. The van der Waals surface area contributed by atoms with Crippen LogP contribution in [-0.4, -0.2) is 37.6 Å². The Kier molecular flexibility index (Phi) is 8.53. The SMILES string of the molecule is CCN(CC)CCCCNCCc1ccccc1. The molecule has 1 aromatic rings. The van der Waals surface area contributed by atoms with Crippen LogP contribution in [0.1, 0.15) is 32.3 Å². The second kappa shape index (κ2) is 10.1. The van der Waals surface area contributed by atoms with Crippen LogP contribution in [0.2, 0.25) is 0 Å². The van der Waals surface area contributed by atoms with Gasteiger partial charge >= 0.3 is 0 Å². The highest BCUT2D eigenvalue weighted by atomic mass is 15.1. The number of hydrogen-bond donors (Lipinski definition) is 1. The van der Waals surface area contributed by atoms with Crippen molar-refractivity contribution in [2.45, 2.75) is 33.1 Å². The van der Waals surface area contributed by atoms with Gasteiger partial charge in [-0.1, -0.05) is 44.2 Å². The van der Waals surface area contributed by atoms with E-state index in [-0.39, 0.29) is 0 Å². The fourth-order valence-corrected chi connectivity index (χ4v) is 2.13. The largest absolute Gasteiger partial charge is 0.316 e. The molecule has 0 radical (unpaired) electrons. The van der Waals surface area contributed by atoms with E-state index in [9.17, 15) is 0 Å². The van der Waals surface area contributed by atoms with Crippen molar-refractivity contribution in [3.05, 3.63) is 35.9 Å². The second-order valence-electron chi connectivity index (χ2n) is 4.72. The first-order valence-corrected chi connectivity index (χ1v) is 7.33. The molecule has 0 spiro atoms. The van der Waals surface area contributed by atoms with Crippen molar-refractivity contribution < 1.29 is 0 Å². The van der Waals surface area contributed by atoms with Crippen molar-refractivity contribution in [1.82, 2.24) is 10.2 Å². The van der Waals surface area contributed by atoms with Crippen LogP contribution in [0.4, 0.5) is 0 Å². The van der Waals surface area contributed by atoms with Crippen molar-refractivity contribution >= 4 is 0 Å². The zero-order valence-corrected chi connectivity index (χ0v) is 12.0. The number of benzene rings is 1. The summed E-state index contributed by atoms with van der Waals surface area (Å²) in [4.78, 5) is 2.49. The van der Waals surface area contributed by atoms with Gasteiger partial charge in [-0.3, -0.25) is 0 Å². The summed E-state index contributed by atoms with van der Waals surface area (Å²) in [6.07, 6.45) is 3.72. The van der Waals surface area contributed by atoms with Crippen LogP contribution < -0.4 is 5.32 Å². The first-order valence-electron chi connectivity index (χ1n) is 7.33. The minimum absolute atomic E-state index is 1.09. The molecule has 0 aromatic heterocycles. The summed E-state index contributed by atoms with van der Waals surface area (Å²) in [7, 11) is 0. The molecule has 1 N–H and O–H groups in total. The summed E-state index contributed by atoms with van der Waals surface area (Å²) in [5, 5.41) is 3.53. The van der Waals surface area contributed by atoms with E-state index in [1.165, 1.54) is 38.0 Å². The summed E-state index contributed by atoms with van der Waals surface area (Å²) in [6, 6.07) is 10.7. The molecule has 0 bridgehead atoms. The first kappa shape index (κ1) is 15.2. The third kappa shape index (κ3) is 6.77. The van der Waals surface area contributed by atoms with Gasteiger partial charge in [-0.2, -0.15) is 0 Å². The zero-order chi connectivity index (χ0) is 13.1. The van der Waals surface area contributed by atoms with Crippen LogP contribution in [0.25, 0.3) is 0 Å². The lowest BCUT2D eigenvalue weighted by Gasteiger charge is -2.17. The Hall–Kier alpha value is -0.860. The Morgan fingerprint density at radius 3 is 2.33 bits per heavy atom. The van der Waals surface area contributed by atoms with E-state index in [0.717, 1.165) is 19.5 Å². The molecule has 0 amide bonds. The molecule has 0 atom stereocenters. The standard InChI is InChI=1S/C16H28N2/c1-3-18(4-2)15-9-8-13-17-14-12-16-10-6-5-7-11-16/h5-7,10-11,17H,3-4,8-9,12-15H2,1-2H3. The summed E-state index contributed by atoms with van der Waals surface area (Å²) >= 11 is 0. The number of hydrogen-bond acceptors (Lipinski definition) is 2. The molecule has 0 saturated carbocycles. The third-order valence-electron chi connectivity index (χ3n) is 3.41. The van der Waals surface area contributed by atoms with Gasteiger partial charge in [-0.15, -0.1) is 0 Å². The van der Waals surface area contributed by atoms with Crippen molar-refractivity contribution in [3.63, 3.8) is 0 Å². The van der Waals surface area contributed by atoms with Gasteiger partial charge in [0.1, 0.15) is 0 Å². The van der Waals surface area contributed by atoms with Crippen LogP contribution in [0.5, 0.6) is 0 Å². The molecule has 0 fully saturated rings. The maximum absolute atomic E-state index is 3.53. The van der Waals surface area contributed by atoms with Gasteiger partial charge < -0.3 is 10.2 Å². The molecule has 0 saturated heterocycles. The molecule has 1 aromatic carbocycles. The predicted octanol–water partition coefficient (Wildman–Crippen LogP) is 2.94. The average molecular weight is 248 g/mol. The predicted molar refractivity (Wildman–Crippen MR) is 80.0 cm³/mol. The Labute approximate surface area is 112 Å². The maximum Gasteiger partial charge on any atom is -0.000835 e. The molecule has 2 nitrogen and oxygen atoms in total. The van der Waals surface area contributed by atoms with Crippen LogP contribution in [0.15, 0.2) is 30.3 Å². The van der Waals surface area contributed by atoms with Gasteiger partial charge in [0, 0.05) is 0 Å². The van der Waals surface area contributed by atoms with E-state index in [0.29, 0.717) is 0 Å². The molecule has 0 aliphatic rings. The highest BCUT2D eigenvalue weighted by Gasteiger charge is 1.97. The van der Waals surface area contributed by atoms with E-state index in [1.807, 2.05) is 0 Å². The fourth-order valence-electron chi connectivity index (χ4n) is 2.13. The molecule has 0 aliphatic carbocycles. The summed E-state index contributed by atoms with van der Waals surface area (Å²) in [6.45, 7) is 10.3. The van der Waals surface area contributed by atoms with Crippen molar-refractivity contribution in [2.75, 3.05) is 32.7 Å². The van der Waals surface area contributed by atoms with Crippen LogP contribution >= 0.6 is 0 Å². The van der Waals surface area contributed by atoms with Gasteiger partial charge in [0.05, 0.1) is 0 Å². The third-order valence-corrected chi connectivity index (χ3v) is 3.41. The summed E-state index contributed by atoms with van der Waals surface area (Å²) < 4.78 is 0. The zero-order valence-electron chi connectivity index (χ0n) is 12.0. The normalized spacial score (nSPS) is 11.1. The van der Waals surface area contributed by atoms with E-state index < -0.39 is 0 Å². The number of nitrogens with zero attached hydrogens (tertiary/aromatic N) is 1. The minimum atomic E-state index is 1.09. The van der Waals surface area contributed by atoms with Crippen LogP contribution in [0.3, 0.4) is 0 Å². The lowest BCUT2D eigenvalue weighted by molar-refractivity contribution is 0.296. The molecule has 2 heteroatoms. The maximum atomic E-state index is 3.53. The Bertz CT molecular complexity index is 280. The van der Waals surface area contributed by atoms with E-state index >= 15 is 0 Å². The second-order valence-corrected chi connectivity index (χ2v) is 4.72. The van der Waals surface area contributed by atoms with Crippen molar-refractivity contribution in [2.24, 2.45) is 0 Å². The molecule has 1 rings (SSSR count). The summed E-state index contributed by atoms with van der Waals surface area (Å²) in [5.74, 6) is 0. The highest BCUT2D eigenvalue weighted by Crippen LogP contribution is 1.98. The molecular formula is C16H28N2. The lowest BCUT2D eigenvalue weighted by atomic mass is 10.1. The minimum Gasteiger partial charge on any atom is -0.316 e. The number of rotatable bonds is 10. The van der Waals surface area contributed by atoms with E-state index in [2.05, 4.69) is 54.4 Å². The quantitative estimate of drug-likeness (QED) is 0.640. The number of unbranched alkanes of at least 4 members (excludes halogenated alkanes) is 1. The highest BCUT2D eigenvalue weighted by molar-refractivity contribution is 5.14. The van der Waals surface area contributed by atoms with Crippen LogP contribution in [-0.2, 0) is 6.42 Å². The summed E-state index contributed by atoms with van der Waals surface area (Å²) in [5.41, 5.74) is 1.42. The fraction of sp³-hybridized carbons (Fsp3) is 0.625. The molecule has 0 heterocycles. The monoisotopic (exact) mass is 248 g/mol. The average Bonchev–Trinajstić information content (AvgIpc) is 2.43. The smallest absolute Gasteiger partial charge is 0.000835 e. The van der Waals surface area contributed by atoms with Gasteiger partial charge in [-0.05, 0) is 57.5 Å². The molecule has 18 heavy (non-hydrogen) atoms. The van der Waals surface area contributed by atoms with Gasteiger partial charge in [0.15, 0.2) is 0 Å². The van der Waals surface area contributed by atoms with Gasteiger partial charge in [0.2, 0.25) is 0 Å².